The van der Waals surface area contributed by atoms with Crippen LogP contribution in [0.5, 0.6) is 5.75 Å². The number of thiocarbonyl (C=S) groups is 1. The molecule has 2 aromatic carbocycles. The summed E-state index contributed by atoms with van der Waals surface area (Å²) in [6.07, 6.45) is 0. The maximum absolute atomic E-state index is 12.5. The fourth-order valence-corrected chi connectivity index (χ4v) is 2.79. The molecule has 148 valence electrons. The Morgan fingerprint density at radius 1 is 1.07 bits per heavy atom. The monoisotopic (exact) mass is 463 g/mol. The number of ether oxygens (including phenoxy) is 1. The molecule has 0 spiro atoms. The molecule has 0 bridgehead atoms. The minimum Gasteiger partial charge on any atom is -0.493 e. The van der Waals surface area contributed by atoms with Crippen molar-refractivity contribution in [2.75, 3.05) is 17.2 Å². The Morgan fingerprint density at radius 2 is 1.68 bits per heavy atom. The van der Waals surface area contributed by atoms with Gasteiger partial charge in [-0.1, -0.05) is 29.8 Å². The van der Waals surface area contributed by atoms with Gasteiger partial charge >= 0.3 is 0 Å². The Labute approximate surface area is 178 Å². The summed E-state index contributed by atoms with van der Waals surface area (Å²) in [5.41, 5.74) is 1.76. The molecule has 28 heavy (non-hydrogen) atoms. The number of halogens is 1. The molecule has 0 fully saturated rings. The molecule has 2 rings (SSSR count). The molecule has 6 nitrogen and oxygen atoms in total. The summed E-state index contributed by atoms with van der Waals surface area (Å²) < 4.78 is 6.26. The van der Waals surface area contributed by atoms with Crippen molar-refractivity contribution in [1.82, 2.24) is 5.32 Å². The van der Waals surface area contributed by atoms with Crippen LogP contribution < -0.4 is 20.7 Å². The predicted octanol–water partition coefficient (Wildman–Crippen LogP) is 4.57. The first kappa shape index (κ1) is 21.8. The van der Waals surface area contributed by atoms with E-state index in [1.165, 1.54) is 0 Å². The average molecular weight is 464 g/mol. The van der Waals surface area contributed by atoms with Gasteiger partial charge in [0.25, 0.3) is 5.91 Å². The van der Waals surface area contributed by atoms with Crippen LogP contribution in [0.3, 0.4) is 0 Å². The van der Waals surface area contributed by atoms with Crippen molar-refractivity contribution >= 4 is 56.4 Å². The maximum Gasteiger partial charge on any atom is 0.261 e. The number of benzene rings is 2. The highest BCUT2D eigenvalue weighted by atomic mass is 79.9. The molecule has 0 aromatic heterocycles. The fourth-order valence-electron chi connectivity index (χ4n) is 2.22. The summed E-state index contributed by atoms with van der Waals surface area (Å²) in [4.78, 5) is 24.3. The van der Waals surface area contributed by atoms with Crippen LogP contribution in [-0.4, -0.2) is 23.5 Å². The van der Waals surface area contributed by atoms with Crippen LogP contribution in [0.15, 0.2) is 46.9 Å². The highest BCUT2D eigenvalue weighted by molar-refractivity contribution is 9.10. The number of hydrogen-bond acceptors (Lipinski definition) is 4. The van der Waals surface area contributed by atoms with E-state index in [1.54, 1.807) is 42.5 Å². The Balaban J connectivity index is 1.99. The van der Waals surface area contributed by atoms with Crippen LogP contribution in [0, 0.1) is 5.92 Å². The third kappa shape index (κ3) is 6.31. The van der Waals surface area contributed by atoms with Gasteiger partial charge in [-0.3, -0.25) is 14.9 Å². The van der Waals surface area contributed by atoms with Crippen LogP contribution in [-0.2, 0) is 4.79 Å². The van der Waals surface area contributed by atoms with Crippen molar-refractivity contribution in [2.24, 2.45) is 5.92 Å². The molecule has 2 aromatic rings. The van der Waals surface area contributed by atoms with E-state index in [-0.39, 0.29) is 22.8 Å². The van der Waals surface area contributed by atoms with E-state index < -0.39 is 0 Å². The minimum absolute atomic E-state index is 0.0531. The summed E-state index contributed by atoms with van der Waals surface area (Å²) in [7, 11) is 0. The second-order valence-corrected chi connectivity index (χ2v) is 7.53. The number of rotatable bonds is 6. The van der Waals surface area contributed by atoms with E-state index in [0.717, 1.165) is 4.47 Å². The minimum atomic E-state index is -0.372. The second-order valence-electron chi connectivity index (χ2n) is 6.20. The second kappa shape index (κ2) is 10.2. The number of hydrogen-bond donors (Lipinski definition) is 3. The molecule has 3 N–H and O–H groups in total. The average Bonchev–Trinajstić information content (AvgIpc) is 2.64. The highest BCUT2D eigenvalue weighted by Crippen LogP contribution is 2.23. The standard InChI is InChI=1S/C20H22BrN3O3S/c1-4-27-17-10-5-13(21)11-16(17)19(26)24-20(28)23-15-8-6-14(7-9-15)22-18(25)12(2)3/h5-12H,4H2,1-3H3,(H,22,25)(H2,23,24,26,28). The van der Waals surface area contributed by atoms with Gasteiger partial charge in [0, 0.05) is 21.8 Å². The first-order valence-corrected chi connectivity index (χ1v) is 9.96. The van der Waals surface area contributed by atoms with E-state index in [9.17, 15) is 9.59 Å². The molecule has 0 saturated carbocycles. The third-order valence-electron chi connectivity index (χ3n) is 3.65. The van der Waals surface area contributed by atoms with Crippen molar-refractivity contribution in [3.8, 4) is 5.75 Å². The Kier molecular flexibility index (Phi) is 7.95. The molecular formula is C20H22BrN3O3S. The van der Waals surface area contributed by atoms with Crippen LogP contribution >= 0.6 is 28.1 Å². The van der Waals surface area contributed by atoms with Gasteiger partial charge in [-0.15, -0.1) is 0 Å². The molecule has 0 aliphatic heterocycles. The molecule has 0 saturated heterocycles. The number of amides is 2. The quantitative estimate of drug-likeness (QED) is 0.546. The fraction of sp³-hybridized carbons (Fsp3) is 0.250. The summed E-state index contributed by atoms with van der Waals surface area (Å²) in [5.74, 6) is -0.0397. The van der Waals surface area contributed by atoms with E-state index in [0.29, 0.717) is 29.3 Å². The predicted molar refractivity (Wildman–Crippen MR) is 119 cm³/mol. The molecule has 0 radical (unpaired) electrons. The lowest BCUT2D eigenvalue weighted by atomic mass is 10.2. The Morgan fingerprint density at radius 3 is 2.25 bits per heavy atom. The summed E-state index contributed by atoms with van der Waals surface area (Å²) in [6.45, 7) is 5.96. The molecule has 0 aliphatic carbocycles. The molecule has 0 unspecified atom stereocenters. The van der Waals surface area contributed by atoms with E-state index >= 15 is 0 Å². The molecule has 8 heteroatoms. The van der Waals surface area contributed by atoms with Gasteiger partial charge < -0.3 is 15.4 Å². The lowest BCUT2D eigenvalue weighted by Crippen LogP contribution is -2.34. The molecule has 0 heterocycles. The maximum atomic E-state index is 12.5. The summed E-state index contributed by atoms with van der Waals surface area (Å²) in [5, 5.41) is 8.56. The van der Waals surface area contributed by atoms with Crippen molar-refractivity contribution in [2.45, 2.75) is 20.8 Å². The van der Waals surface area contributed by atoms with Crippen LogP contribution in [0.25, 0.3) is 0 Å². The molecule has 2 amide bonds. The Bertz CT molecular complexity index is 869. The zero-order valence-electron chi connectivity index (χ0n) is 15.8. The van der Waals surface area contributed by atoms with Gasteiger partial charge in [0.15, 0.2) is 5.11 Å². The number of nitrogens with one attached hydrogen (secondary N) is 3. The lowest BCUT2D eigenvalue weighted by molar-refractivity contribution is -0.118. The zero-order chi connectivity index (χ0) is 20.7. The van der Waals surface area contributed by atoms with Crippen LogP contribution in [0.4, 0.5) is 11.4 Å². The molecule has 0 atom stereocenters. The number of carbonyl (C=O) groups is 2. The van der Waals surface area contributed by atoms with Crippen molar-refractivity contribution in [3.63, 3.8) is 0 Å². The van der Waals surface area contributed by atoms with Crippen molar-refractivity contribution in [3.05, 3.63) is 52.5 Å². The van der Waals surface area contributed by atoms with Crippen LogP contribution in [0.2, 0.25) is 0 Å². The first-order chi connectivity index (χ1) is 13.3. The summed E-state index contributed by atoms with van der Waals surface area (Å²) >= 11 is 8.58. The lowest BCUT2D eigenvalue weighted by Gasteiger charge is -2.13. The molecular weight excluding hydrogens is 442 g/mol. The van der Waals surface area contributed by atoms with E-state index in [4.69, 9.17) is 17.0 Å². The van der Waals surface area contributed by atoms with Gasteiger partial charge in [-0.05, 0) is 61.6 Å². The van der Waals surface area contributed by atoms with Gasteiger partial charge in [-0.2, -0.15) is 0 Å². The van der Waals surface area contributed by atoms with Crippen molar-refractivity contribution in [1.29, 1.82) is 0 Å². The Hall–Kier alpha value is -2.45. The molecule has 0 aliphatic rings. The normalized spacial score (nSPS) is 10.3. The summed E-state index contributed by atoms with van der Waals surface area (Å²) in [6, 6.07) is 12.2. The van der Waals surface area contributed by atoms with Gasteiger partial charge in [0.1, 0.15) is 5.75 Å². The number of carbonyl (C=O) groups excluding carboxylic acids is 2. The third-order valence-corrected chi connectivity index (χ3v) is 4.35. The SMILES string of the molecule is CCOc1ccc(Br)cc1C(=O)NC(=S)Nc1ccc(NC(=O)C(C)C)cc1. The van der Waals surface area contributed by atoms with Gasteiger partial charge in [0.05, 0.1) is 12.2 Å². The topological polar surface area (TPSA) is 79.5 Å². The smallest absolute Gasteiger partial charge is 0.261 e. The largest absolute Gasteiger partial charge is 0.493 e. The highest BCUT2D eigenvalue weighted by Gasteiger charge is 2.15. The van der Waals surface area contributed by atoms with E-state index in [2.05, 4.69) is 31.9 Å². The first-order valence-electron chi connectivity index (χ1n) is 8.75. The van der Waals surface area contributed by atoms with Gasteiger partial charge in [0.2, 0.25) is 5.91 Å². The van der Waals surface area contributed by atoms with Gasteiger partial charge in [-0.25, -0.2) is 0 Å². The number of anilines is 2. The van der Waals surface area contributed by atoms with Crippen molar-refractivity contribution < 1.29 is 14.3 Å². The van der Waals surface area contributed by atoms with E-state index in [1.807, 2.05) is 20.8 Å². The van der Waals surface area contributed by atoms with Crippen LogP contribution in [0.1, 0.15) is 31.1 Å². The zero-order valence-corrected chi connectivity index (χ0v) is 18.2.